The van der Waals surface area contributed by atoms with Crippen molar-refractivity contribution in [3.05, 3.63) is 168 Å². The van der Waals surface area contributed by atoms with Crippen molar-refractivity contribution in [3.8, 4) is 0 Å². The van der Waals surface area contributed by atoms with E-state index in [0.29, 0.717) is 32.0 Å². The van der Waals surface area contributed by atoms with Gasteiger partial charge in [0.15, 0.2) is 5.70 Å². The Balaban J connectivity index is 1.84. The van der Waals surface area contributed by atoms with E-state index < -0.39 is 7.26 Å². The number of nitrogens with zero attached hydrogens (tertiary/aromatic N) is 3. The van der Waals surface area contributed by atoms with Crippen molar-refractivity contribution in [2.24, 2.45) is 4.99 Å². The highest BCUT2D eigenvalue weighted by Gasteiger charge is 2.53. The highest BCUT2D eigenvalue weighted by Crippen LogP contribution is 2.67. The maximum Gasteiger partial charge on any atom is 0.276 e. The van der Waals surface area contributed by atoms with Crippen LogP contribution in [0.3, 0.4) is 0 Å². The van der Waals surface area contributed by atoms with Crippen LogP contribution in [0.2, 0.25) is 0 Å². The van der Waals surface area contributed by atoms with E-state index in [1.807, 2.05) is 29.2 Å². The third-order valence-corrected chi connectivity index (χ3v) is 13.2. The van der Waals surface area contributed by atoms with Gasteiger partial charge in [0, 0.05) is 37.3 Å². The van der Waals surface area contributed by atoms with Crippen molar-refractivity contribution in [1.29, 1.82) is 0 Å². The zero-order valence-electron chi connectivity index (χ0n) is 27.8. The summed E-state index contributed by atoms with van der Waals surface area (Å²) in [5.74, 6) is 0.711. The summed E-state index contributed by atoms with van der Waals surface area (Å²) < 4.78 is 5.73. The first-order valence-electron chi connectivity index (χ1n) is 16.8. The molecule has 0 spiro atoms. The number of hydrogen-bond acceptors (Lipinski definition) is 3. The van der Waals surface area contributed by atoms with Gasteiger partial charge in [-0.3, -0.25) is 4.79 Å². The van der Waals surface area contributed by atoms with E-state index >= 15 is 4.79 Å². The maximum absolute atomic E-state index is 15.3. The fraction of sp³-hybridized carbons (Fsp3) is 0.190. The lowest BCUT2D eigenvalue weighted by atomic mass is 10.1. The van der Waals surface area contributed by atoms with Gasteiger partial charge in [0.2, 0.25) is 0 Å². The summed E-state index contributed by atoms with van der Waals surface area (Å²) in [7, 11) is -2.77. The summed E-state index contributed by atoms with van der Waals surface area (Å²) >= 11 is 0. The van der Waals surface area contributed by atoms with Gasteiger partial charge in [0.05, 0.1) is 13.2 Å². The number of carbonyl (C=O) groups is 1. The molecule has 5 aromatic rings. The number of morpholine rings is 1. The third kappa shape index (κ3) is 6.75. The zero-order chi connectivity index (χ0) is 33.2. The van der Waals surface area contributed by atoms with Crippen LogP contribution in [0.1, 0.15) is 25.0 Å². The molecular weight excluding hydrogens is 609 g/mol. The molecule has 0 unspecified atom stereocenters. The van der Waals surface area contributed by atoms with Crippen LogP contribution in [0.4, 0.5) is 0 Å². The first kappa shape index (κ1) is 33.1. The van der Waals surface area contributed by atoms with E-state index in [-0.39, 0.29) is 5.91 Å². The lowest BCUT2D eigenvalue weighted by Gasteiger charge is -2.33. The Morgan fingerprint density at radius 2 is 1.02 bits per heavy atom. The largest absolute Gasteiger partial charge is 0.378 e. The number of rotatable bonds is 10. The minimum Gasteiger partial charge on any atom is -0.378 e. The van der Waals surface area contributed by atoms with Crippen LogP contribution in [0, 0.1) is 0 Å². The van der Waals surface area contributed by atoms with E-state index in [4.69, 9.17) is 9.73 Å². The molecular formula is C42H43N3O2P+. The van der Waals surface area contributed by atoms with Gasteiger partial charge >= 0.3 is 0 Å². The predicted octanol–water partition coefficient (Wildman–Crippen LogP) is 7.00. The first-order valence-corrected chi connectivity index (χ1v) is 18.6. The van der Waals surface area contributed by atoms with Crippen molar-refractivity contribution < 1.29 is 9.53 Å². The zero-order valence-corrected chi connectivity index (χ0v) is 28.7. The Bertz CT molecular complexity index is 1720. The van der Waals surface area contributed by atoms with E-state index in [0.717, 1.165) is 51.3 Å². The Labute approximate surface area is 285 Å². The summed E-state index contributed by atoms with van der Waals surface area (Å²) in [6.07, 6.45) is 0. The van der Waals surface area contributed by atoms with Crippen molar-refractivity contribution in [1.82, 2.24) is 9.80 Å². The molecule has 0 aliphatic carbocycles. The number of benzene rings is 5. The van der Waals surface area contributed by atoms with Gasteiger partial charge in [-0.15, -0.1) is 0 Å². The van der Waals surface area contributed by atoms with E-state index in [1.54, 1.807) is 0 Å². The summed E-state index contributed by atoms with van der Waals surface area (Å²) in [6.45, 7) is 7.81. The van der Waals surface area contributed by atoms with Gasteiger partial charge < -0.3 is 14.5 Å². The van der Waals surface area contributed by atoms with Crippen LogP contribution in [0.25, 0.3) is 5.31 Å². The number of aliphatic imine (C=N–C) groups is 1. The molecule has 5 nitrogen and oxygen atoms in total. The fourth-order valence-corrected chi connectivity index (χ4v) is 11.1. The molecule has 1 heterocycles. The highest BCUT2D eigenvalue weighted by molar-refractivity contribution is 8.03. The molecule has 0 bridgehead atoms. The lowest BCUT2D eigenvalue weighted by Crippen LogP contribution is -2.42. The Hall–Kier alpha value is -4.83. The standard InChI is InChI=1S/C42H43N3O2P/c1-3-44(4-2)41(35-22-12-6-13-23-35)43-39(42(46)45-30-32-47-33-31-45)40(34-20-10-5-11-21-34)48(36-24-14-7-15-25-36,37-26-16-8-17-27-37)38-28-18-9-19-29-38/h5-29H,3-4,30-33H2,1-2H3/q+1. The minimum absolute atomic E-state index is 0.0788. The second-order valence-electron chi connectivity index (χ2n) is 11.6. The van der Waals surface area contributed by atoms with Gasteiger partial charge in [0.1, 0.15) is 34.3 Å². The molecule has 0 aromatic heterocycles. The summed E-state index contributed by atoms with van der Waals surface area (Å²) in [6, 6.07) is 52.9. The Kier molecular flexibility index (Phi) is 10.9. The summed E-state index contributed by atoms with van der Waals surface area (Å²) in [4.78, 5) is 25.1. The van der Waals surface area contributed by atoms with Crippen LogP contribution < -0.4 is 15.9 Å². The predicted molar refractivity (Wildman–Crippen MR) is 202 cm³/mol. The topological polar surface area (TPSA) is 45.1 Å². The number of amides is 1. The molecule has 0 atom stereocenters. The Morgan fingerprint density at radius 1 is 0.625 bits per heavy atom. The second kappa shape index (κ2) is 15.8. The average molecular weight is 653 g/mol. The molecule has 1 aliphatic heterocycles. The fourth-order valence-electron chi connectivity index (χ4n) is 6.53. The molecule has 5 aromatic carbocycles. The van der Waals surface area contributed by atoms with Crippen LogP contribution in [0.15, 0.2) is 162 Å². The second-order valence-corrected chi connectivity index (χ2v) is 15.0. The smallest absolute Gasteiger partial charge is 0.276 e. The average Bonchev–Trinajstić information content (AvgIpc) is 3.18. The molecule has 0 radical (unpaired) electrons. The van der Waals surface area contributed by atoms with Gasteiger partial charge in [-0.2, -0.15) is 0 Å². The van der Waals surface area contributed by atoms with Crippen molar-refractivity contribution in [3.63, 3.8) is 0 Å². The number of carbonyl (C=O) groups excluding carboxylic acids is 1. The van der Waals surface area contributed by atoms with Crippen LogP contribution in [-0.2, 0) is 9.53 Å². The maximum atomic E-state index is 15.3. The molecule has 1 saturated heterocycles. The lowest BCUT2D eigenvalue weighted by molar-refractivity contribution is -0.131. The van der Waals surface area contributed by atoms with Crippen molar-refractivity contribution in [2.75, 3.05) is 39.4 Å². The quantitative estimate of drug-likeness (QED) is 0.0707. The molecule has 1 aliphatic rings. The molecule has 1 fully saturated rings. The molecule has 1 amide bonds. The van der Waals surface area contributed by atoms with E-state index in [2.05, 4.69) is 146 Å². The number of hydrogen-bond donors (Lipinski definition) is 0. The monoisotopic (exact) mass is 652 g/mol. The SMILES string of the molecule is CCN(CC)C(=NC(C(=O)N1CCOCC1)=C(c1ccccc1)[P+](c1ccccc1)(c1ccccc1)c1ccccc1)c1ccccc1. The normalized spacial score (nSPS) is 14.3. The molecule has 6 heteroatoms. The molecule has 48 heavy (non-hydrogen) atoms. The summed E-state index contributed by atoms with van der Waals surface area (Å²) in [5, 5.41) is 4.43. The van der Waals surface area contributed by atoms with Crippen LogP contribution >= 0.6 is 7.26 Å². The number of ether oxygens (including phenoxy) is 1. The van der Waals surface area contributed by atoms with Crippen molar-refractivity contribution >= 4 is 40.2 Å². The third-order valence-electron chi connectivity index (χ3n) is 8.85. The van der Waals surface area contributed by atoms with Gasteiger partial charge in [-0.1, -0.05) is 115 Å². The minimum atomic E-state index is -2.77. The van der Waals surface area contributed by atoms with Gasteiger partial charge in [-0.25, -0.2) is 4.99 Å². The molecule has 6 rings (SSSR count). The Morgan fingerprint density at radius 3 is 1.44 bits per heavy atom. The van der Waals surface area contributed by atoms with E-state index in [9.17, 15) is 0 Å². The van der Waals surface area contributed by atoms with Gasteiger partial charge in [0.25, 0.3) is 5.91 Å². The van der Waals surface area contributed by atoms with Crippen LogP contribution in [-0.4, -0.2) is 60.9 Å². The van der Waals surface area contributed by atoms with E-state index in [1.165, 1.54) is 0 Å². The highest BCUT2D eigenvalue weighted by atomic mass is 31.2. The molecule has 0 saturated carbocycles. The summed E-state index contributed by atoms with van der Waals surface area (Å²) in [5.41, 5.74) is 2.43. The first-order chi connectivity index (χ1) is 23.7. The van der Waals surface area contributed by atoms with Crippen LogP contribution in [0.5, 0.6) is 0 Å². The molecule has 0 N–H and O–H groups in total. The van der Waals surface area contributed by atoms with Crippen molar-refractivity contribution in [2.45, 2.75) is 13.8 Å². The number of amidine groups is 1. The molecule has 242 valence electrons. The van der Waals surface area contributed by atoms with Gasteiger partial charge in [-0.05, 0) is 50.2 Å².